The van der Waals surface area contributed by atoms with Gasteiger partial charge >= 0.3 is 0 Å². The largest absolute Gasteiger partial charge is 0.493 e. The van der Waals surface area contributed by atoms with Crippen LogP contribution in [0.1, 0.15) is 54.4 Å². The number of carbonyl (C=O) groups is 2. The van der Waals surface area contributed by atoms with E-state index in [4.69, 9.17) is 39.5 Å². The summed E-state index contributed by atoms with van der Waals surface area (Å²) in [6.07, 6.45) is 5.13. The molecule has 8 heteroatoms. The third kappa shape index (κ3) is 6.25. The van der Waals surface area contributed by atoms with Crippen molar-refractivity contribution in [3.63, 3.8) is 0 Å². The van der Waals surface area contributed by atoms with Gasteiger partial charge in [-0.3, -0.25) is 9.59 Å². The van der Waals surface area contributed by atoms with Crippen molar-refractivity contribution in [2.75, 3.05) is 32.8 Å². The number of hydrogen-bond acceptors (Lipinski definition) is 3. The number of benzene rings is 2. The van der Waals surface area contributed by atoms with Crippen LogP contribution >= 0.6 is 34.8 Å². The van der Waals surface area contributed by atoms with Crippen molar-refractivity contribution >= 4 is 46.6 Å². The van der Waals surface area contributed by atoms with Crippen LogP contribution in [0.2, 0.25) is 15.1 Å². The van der Waals surface area contributed by atoms with Crippen LogP contribution < -0.4 is 4.74 Å². The Morgan fingerprint density at radius 2 is 1.60 bits per heavy atom. The Morgan fingerprint density at radius 3 is 2.29 bits per heavy atom. The molecule has 0 bridgehead atoms. The van der Waals surface area contributed by atoms with E-state index in [0.29, 0.717) is 52.5 Å². The molecule has 1 atom stereocenters. The van der Waals surface area contributed by atoms with E-state index in [0.717, 1.165) is 50.8 Å². The molecule has 5 nitrogen and oxygen atoms in total. The summed E-state index contributed by atoms with van der Waals surface area (Å²) in [7, 11) is 0. The number of ether oxygens (including phenoxy) is 1. The van der Waals surface area contributed by atoms with Crippen LogP contribution in [0.4, 0.5) is 0 Å². The van der Waals surface area contributed by atoms with Crippen LogP contribution in [0, 0.1) is 12.3 Å². The summed E-state index contributed by atoms with van der Waals surface area (Å²) < 4.78 is 6.23. The Balaban J connectivity index is 1.57. The van der Waals surface area contributed by atoms with Crippen molar-refractivity contribution in [3.8, 4) is 5.75 Å². The minimum atomic E-state index is -0.510. The molecule has 0 spiro atoms. The number of likely N-dealkylation sites (tertiary alicyclic amines) is 2. The van der Waals surface area contributed by atoms with E-state index < -0.39 is 5.41 Å². The highest BCUT2D eigenvalue weighted by atomic mass is 35.5. The Labute approximate surface area is 222 Å². The van der Waals surface area contributed by atoms with Gasteiger partial charge in [-0.25, -0.2) is 0 Å². The lowest BCUT2D eigenvalue weighted by Crippen LogP contribution is -2.51. The smallest absolute Gasteiger partial charge is 0.256 e. The van der Waals surface area contributed by atoms with E-state index in [2.05, 4.69) is 0 Å². The Bertz CT molecular complexity index is 1070. The van der Waals surface area contributed by atoms with Gasteiger partial charge in [0, 0.05) is 43.0 Å². The highest BCUT2D eigenvalue weighted by Crippen LogP contribution is 2.37. The molecular formula is C27H31Cl3N2O3. The fourth-order valence-electron chi connectivity index (χ4n) is 5.07. The molecule has 2 amide bonds. The van der Waals surface area contributed by atoms with Gasteiger partial charge in [0.15, 0.2) is 0 Å². The zero-order valence-corrected chi connectivity index (χ0v) is 22.3. The fourth-order valence-corrected chi connectivity index (χ4v) is 5.75. The maximum absolute atomic E-state index is 13.5. The normalized spacial score (nSPS) is 20.6. The lowest BCUT2D eigenvalue weighted by molar-refractivity contribution is -0.136. The molecule has 2 aromatic rings. The van der Waals surface area contributed by atoms with E-state index in [1.54, 1.807) is 23.1 Å². The second kappa shape index (κ2) is 11.4. The highest BCUT2D eigenvalue weighted by Gasteiger charge is 2.41. The predicted molar refractivity (Wildman–Crippen MR) is 141 cm³/mol. The van der Waals surface area contributed by atoms with Gasteiger partial charge < -0.3 is 14.5 Å². The molecule has 1 unspecified atom stereocenters. The van der Waals surface area contributed by atoms with E-state index in [9.17, 15) is 9.59 Å². The Hall–Kier alpha value is -1.95. The third-order valence-corrected chi connectivity index (χ3v) is 8.09. The molecule has 0 saturated carbocycles. The Morgan fingerprint density at radius 1 is 0.914 bits per heavy atom. The number of hydrogen-bond donors (Lipinski definition) is 0. The molecule has 2 aromatic carbocycles. The highest BCUT2D eigenvalue weighted by molar-refractivity contribution is 6.39. The summed E-state index contributed by atoms with van der Waals surface area (Å²) >= 11 is 18.9. The lowest BCUT2D eigenvalue weighted by Gasteiger charge is -2.43. The van der Waals surface area contributed by atoms with Gasteiger partial charge in [0.1, 0.15) is 5.75 Å². The van der Waals surface area contributed by atoms with Crippen molar-refractivity contribution in [1.29, 1.82) is 0 Å². The first kappa shape index (κ1) is 26.1. The van der Waals surface area contributed by atoms with E-state index in [1.165, 1.54) is 0 Å². The van der Waals surface area contributed by atoms with E-state index in [1.807, 2.05) is 30.0 Å². The predicted octanol–water partition coefficient (Wildman–Crippen LogP) is 6.66. The van der Waals surface area contributed by atoms with Crippen LogP contribution in [0.5, 0.6) is 5.75 Å². The first-order valence-electron chi connectivity index (χ1n) is 12.2. The molecule has 2 saturated heterocycles. The van der Waals surface area contributed by atoms with Crippen LogP contribution in [-0.4, -0.2) is 54.4 Å². The van der Waals surface area contributed by atoms with E-state index in [-0.39, 0.29) is 11.8 Å². The minimum Gasteiger partial charge on any atom is -0.493 e. The number of halogens is 3. The van der Waals surface area contributed by atoms with Gasteiger partial charge in [0.05, 0.1) is 22.2 Å². The van der Waals surface area contributed by atoms with Gasteiger partial charge in [0.2, 0.25) is 5.91 Å². The molecule has 2 aliphatic heterocycles. The lowest BCUT2D eigenvalue weighted by atomic mass is 9.77. The molecule has 2 heterocycles. The minimum absolute atomic E-state index is 0.130. The van der Waals surface area contributed by atoms with Crippen molar-refractivity contribution in [3.05, 3.63) is 62.6 Å². The number of piperidine rings is 2. The van der Waals surface area contributed by atoms with Crippen LogP contribution in [0.25, 0.3) is 0 Å². The van der Waals surface area contributed by atoms with Crippen LogP contribution in [0.3, 0.4) is 0 Å². The number of nitrogens with zero attached hydrogens (tertiary/aromatic N) is 2. The summed E-state index contributed by atoms with van der Waals surface area (Å²) in [6, 6.07) is 10.6. The molecular weight excluding hydrogens is 507 g/mol. The summed E-state index contributed by atoms with van der Waals surface area (Å²) in [5, 5.41) is 1.34. The molecule has 0 N–H and O–H groups in total. The second-order valence-corrected chi connectivity index (χ2v) is 11.0. The summed E-state index contributed by atoms with van der Waals surface area (Å²) in [6.45, 7) is 4.83. The molecule has 0 aliphatic carbocycles. The summed E-state index contributed by atoms with van der Waals surface area (Å²) in [5.41, 5.74) is 0.726. The monoisotopic (exact) mass is 536 g/mol. The molecule has 0 radical (unpaired) electrons. The van der Waals surface area contributed by atoms with Gasteiger partial charge in [-0.1, -0.05) is 40.9 Å². The first-order valence-corrected chi connectivity index (χ1v) is 13.3. The number of rotatable bonds is 6. The first-order chi connectivity index (χ1) is 16.8. The second-order valence-electron chi connectivity index (χ2n) is 9.74. The molecule has 0 aromatic heterocycles. The molecule has 2 fully saturated rings. The van der Waals surface area contributed by atoms with Crippen LogP contribution in [-0.2, 0) is 4.79 Å². The van der Waals surface area contributed by atoms with Gasteiger partial charge in [-0.2, -0.15) is 0 Å². The van der Waals surface area contributed by atoms with Gasteiger partial charge in [-0.05, 0) is 74.9 Å². The SMILES string of the molecule is Cc1cc(OCC2(CC(=O)N3CCCCC3)CCCN(C(=O)c3c(Cl)cccc3Cl)C2)ccc1Cl. The van der Waals surface area contributed by atoms with Crippen molar-refractivity contribution in [2.45, 2.75) is 45.4 Å². The number of carbonyl (C=O) groups excluding carboxylic acids is 2. The van der Waals surface area contributed by atoms with Crippen molar-refractivity contribution < 1.29 is 14.3 Å². The number of aryl methyl sites for hydroxylation is 1. The molecule has 35 heavy (non-hydrogen) atoms. The standard InChI is InChI=1S/C27H31Cl3N2O3/c1-19-15-20(9-10-21(19)28)35-18-27(16-24(33)31-12-3-2-4-13-31)11-6-14-32(17-27)26(34)25-22(29)7-5-8-23(25)30/h5,7-10,15H,2-4,6,11-14,16-18H2,1H3. The van der Waals surface area contributed by atoms with Gasteiger partial charge in [0.25, 0.3) is 5.91 Å². The molecule has 188 valence electrons. The maximum atomic E-state index is 13.5. The average molecular weight is 538 g/mol. The topological polar surface area (TPSA) is 49.9 Å². The molecule has 2 aliphatic rings. The van der Waals surface area contributed by atoms with E-state index >= 15 is 0 Å². The quantitative estimate of drug-likeness (QED) is 0.414. The van der Waals surface area contributed by atoms with Crippen LogP contribution in [0.15, 0.2) is 36.4 Å². The molecule has 4 rings (SSSR count). The zero-order valence-electron chi connectivity index (χ0n) is 20.0. The van der Waals surface area contributed by atoms with Crippen molar-refractivity contribution in [2.24, 2.45) is 5.41 Å². The van der Waals surface area contributed by atoms with Gasteiger partial charge in [-0.15, -0.1) is 0 Å². The summed E-state index contributed by atoms with van der Waals surface area (Å²) in [5.74, 6) is 0.623. The third-order valence-electron chi connectivity index (χ3n) is 7.03. The fraction of sp³-hybridized carbons (Fsp3) is 0.481. The summed E-state index contributed by atoms with van der Waals surface area (Å²) in [4.78, 5) is 30.6. The number of amides is 2. The van der Waals surface area contributed by atoms with Crippen molar-refractivity contribution in [1.82, 2.24) is 9.80 Å². The Kier molecular flexibility index (Phi) is 8.51. The average Bonchev–Trinajstić information content (AvgIpc) is 2.85. The maximum Gasteiger partial charge on any atom is 0.256 e. The zero-order chi connectivity index (χ0) is 25.0.